The lowest BCUT2D eigenvalue weighted by molar-refractivity contribution is -0.131. The second-order valence-corrected chi connectivity index (χ2v) is 4.04. The van der Waals surface area contributed by atoms with Crippen molar-refractivity contribution >= 4 is 5.91 Å². The zero-order valence-corrected chi connectivity index (χ0v) is 10.2. The second-order valence-electron chi connectivity index (χ2n) is 4.04. The highest BCUT2D eigenvalue weighted by Crippen LogP contribution is 2.08. The van der Waals surface area contributed by atoms with Gasteiger partial charge in [-0.25, -0.2) is 0 Å². The van der Waals surface area contributed by atoms with Gasteiger partial charge in [0, 0.05) is 19.5 Å². The summed E-state index contributed by atoms with van der Waals surface area (Å²) in [7, 11) is 0. The van der Waals surface area contributed by atoms with Crippen molar-refractivity contribution in [2.75, 3.05) is 13.1 Å². The number of rotatable bonds is 7. The zero-order valence-electron chi connectivity index (χ0n) is 10.2. The van der Waals surface area contributed by atoms with Gasteiger partial charge >= 0.3 is 0 Å². The van der Waals surface area contributed by atoms with Crippen molar-refractivity contribution in [3.63, 3.8) is 0 Å². The van der Waals surface area contributed by atoms with Gasteiger partial charge in [-0.2, -0.15) is 0 Å². The fraction of sp³-hybridized carbons (Fsp3) is 0.917. The van der Waals surface area contributed by atoms with Crippen LogP contribution in [0.4, 0.5) is 0 Å². The number of nitrogens with zero attached hydrogens (tertiary/aromatic N) is 1. The van der Waals surface area contributed by atoms with Gasteiger partial charge in [-0.1, -0.05) is 34.1 Å². The Hall–Kier alpha value is -0.530. The molecule has 0 aromatic heterocycles. The van der Waals surface area contributed by atoms with Crippen LogP contribution in [0.25, 0.3) is 0 Å². The monoisotopic (exact) mass is 199 g/mol. The van der Waals surface area contributed by atoms with Crippen molar-refractivity contribution in [2.24, 2.45) is 5.92 Å². The Bertz CT molecular complexity index is 156. The van der Waals surface area contributed by atoms with E-state index in [1.54, 1.807) is 0 Å². The van der Waals surface area contributed by atoms with E-state index in [1.165, 1.54) is 6.42 Å². The molecule has 1 unspecified atom stereocenters. The fourth-order valence-electron chi connectivity index (χ4n) is 1.44. The van der Waals surface area contributed by atoms with E-state index in [1.807, 2.05) is 11.8 Å². The number of amides is 1. The van der Waals surface area contributed by atoms with Crippen LogP contribution in [-0.4, -0.2) is 23.9 Å². The average Bonchev–Trinajstić information content (AvgIpc) is 2.22. The minimum absolute atomic E-state index is 0.301. The van der Waals surface area contributed by atoms with Crippen molar-refractivity contribution in [3.8, 4) is 0 Å². The summed E-state index contributed by atoms with van der Waals surface area (Å²) >= 11 is 0. The standard InChI is InChI=1S/C12H25NO/c1-5-9-13(12(14)7-3)10-8-11(4)6-2/h11H,5-10H2,1-4H3. The van der Waals surface area contributed by atoms with Crippen molar-refractivity contribution in [2.45, 2.75) is 53.4 Å². The Morgan fingerprint density at radius 3 is 2.29 bits per heavy atom. The maximum Gasteiger partial charge on any atom is 0.222 e. The van der Waals surface area contributed by atoms with Crippen LogP contribution in [0.3, 0.4) is 0 Å². The van der Waals surface area contributed by atoms with Gasteiger partial charge in [-0.15, -0.1) is 0 Å². The summed E-state index contributed by atoms with van der Waals surface area (Å²) in [5, 5.41) is 0. The molecule has 0 fully saturated rings. The summed E-state index contributed by atoms with van der Waals surface area (Å²) in [5.41, 5.74) is 0. The summed E-state index contributed by atoms with van der Waals surface area (Å²) in [6.45, 7) is 10.4. The molecule has 0 aliphatic carbocycles. The molecule has 0 aliphatic heterocycles. The van der Waals surface area contributed by atoms with Gasteiger partial charge in [0.25, 0.3) is 0 Å². The molecule has 0 N–H and O–H groups in total. The van der Waals surface area contributed by atoms with Crippen molar-refractivity contribution in [3.05, 3.63) is 0 Å². The SMILES string of the molecule is CCCN(CCC(C)CC)C(=O)CC. The summed E-state index contributed by atoms with van der Waals surface area (Å²) < 4.78 is 0. The van der Waals surface area contributed by atoms with E-state index in [-0.39, 0.29) is 0 Å². The molecule has 0 aliphatic rings. The van der Waals surface area contributed by atoms with Gasteiger partial charge < -0.3 is 4.90 Å². The first-order chi connectivity index (χ1) is 6.65. The third-order valence-electron chi connectivity index (χ3n) is 2.74. The zero-order chi connectivity index (χ0) is 11.0. The minimum Gasteiger partial charge on any atom is -0.343 e. The summed E-state index contributed by atoms with van der Waals surface area (Å²) in [4.78, 5) is 13.5. The average molecular weight is 199 g/mol. The first-order valence-electron chi connectivity index (χ1n) is 5.93. The normalized spacial score (nSPS) is 12.6. The third kappa shape index (κ3) is 5.25. The third-order valence-corrected chi connectivity index (χ3v) is 2.74. The fourth-order valence-corrected chi connectivity index (χ4v) is 1.44. The highest BCUT2D eigenvalue weighted by Gasteiger charge is 2.10. The first kappa shape index (κ1) is 13.5. The molecule has 84 valence electrons. The van der Waals surface area contributed by atoms with Gasteiger partial charge in [0.05, 0.1) is 0 Å². The van der Waals surface area contributed by atoms with Crippen molar-refractivity contribution in [1.82, 2.24) is 4.90 Å². The van der Waals surface area contributed by atoms with Gasteiger partial charge in [-0.3, -0.25) is 4.79 Å². The Morgan fingerprint density at radius 1 is 1.21 bits per heavy atom. The number of hydrogen-bond acceptors (Lipinski definition) is 1. The van der Waals surface area contributed by atoms with E-state index < -0.39 is 0 Å². The lowest BCUT2D eigenvalue weighted by atomic mass is 10.1. The van der Waals surface area contributed by atoms with Crippen LogP contribution < -0.4 is 0 Å². The van der Waals surface area contributed by atoms with E-state index >= 15 is 0 Å². The number of carbonyl (C=O) groups excluding carboxylic acids is 1. The van der Waals surface area contributed by atoms with E-state index in [0.29, 0.717) is 12.3 Å². The molecule has 1 atom stereocenters. The van der Waals surface area contributed by atoms with Crippen LogP contribution in [0, 0.1) is 5.92 Å². The van der Waals surface area contributed by atoms with Gasteiger partial charge in [0.1, 0.15) is 0 Å². The van der Waals surface area contributed by atoms with Crippen LogP contribution in [0.15, 0.2) is 0 Å². The molecule has 2 nitrogen and oxygen atoms in total. The van der Waals surface area contributed by atoms with Crippen molar-refractivity contribution in [1.29, 1.82) is 0 Å². The molecular formula is C12H25NO. The van der Waals surface area contributed by atoms with Gasteiger partial charge in [-0.05, 0) is 18.8 Å². The molecule has 0 rings (SSSR count). The predicted octanol–water partition coefficient (Wildman–Crippen LogP) is 3.07. The molecule has 0 aromatic carbocycles. The van der Waals surface area contributed by atoms with Crippen molar-refractivity contribution < 1.29 is 4.79 Å². The second kappa shape index (κ2) is 7.84. The largest absolute Gasteiger partial charge is 0.343 e. The number of hydrogen-bond donors (Lipinski definition) is 0. The quantitative estimate of drug-likeness (QED) is 0.617. The molecule has 0 saturated heterocycles. The molecule has 2 heteroatoms. The minimum atomic E-state index is 0.301. The smallest absolute Gasteiger partial charge is 0.222 e. The molecule has 0 spiro atoms. The van der Waals surface area contributed by atoms with E-state index in [0.717, 1.165) is 31.8 Å². The Balaban J connectivity index is 3.90. The van der Waals surface area contributed by atoms with Crippen LogP contribution in [0.2, 0.25) is 0 Å². The Labute approximate surface area is 88.7 Å². The molecular weight excluding hydrogens is 174 g/mol. The van der Waals surface area contributed by atoms with Crippen LogP contribution in [0.1, 0.15) is 53.4 Å². The maximum absolute atomic E-state index is 11.5. The van der Waals surface area contributed by atoms with Gasteiger partial charge in [0.2, 0.25) is 5.91 Å². The molecule has 1 amide bonds. The summed E-state index contributed by atoms with van der Waals surface area (Å²) in [5.74, 6) is 1.04. The van der Waals surface area contributed by atoms with E-state index in [4.69, 9.17) is 0 Å². The van der Waals surface area contributed by atoms with E-state index in [2.05, 4.69) is 20.8 Å². The Morgan fingerprint density at radius 2 is 1.86 bits per heavy atom. The molecule has 0 saturated carbocycles. The lowest BCUT2D eigenvalue weighted by Gasteiger charge is -2.23. The summed E-state index contributed by atoms with van der Waals surface area (Å²) in [6.07, 6.45) is 4.05. The molecule has 0 bridgehead atoms. The van der Waals surface area contributed by atoms with Crippen LogP contribution in [-0.2, 0) is 4.79 Å². The molecule has 0 radical (unpaired) electrons. The molecule has 0 aromatic rings. The lowest BCUT2D eigenvalue weighted by Crippen LogP contribution is -2.32. The van der Waals surface area contributed by atoms with Crippen LogP contribution >= 0.6 is 0 Å². The van der Waals surface area contributed by atoms with Gasteiger partial charge in [0.15, 0.2) is 0 Å². The van der Waals surface area contributed by atoms with E-state index in [9.17, 15) is 4.79 Å². The predicted molar refractivity (Wildman–Crippen MR) is 61.2 cm³/mol. The first-order valence-corrected chi connectivity index (χ1v) is 5.93. The van der Waals surface area contributed by atoms with Crippen LogP contribution in [0.5, 0.6) is 0 Å². The summed E-state index contributed by atoms with van der Waals surface area (Å²) in [6, 6.07) is 0. The topological polar surface area (TPSA) is 20.3 Å². The highest BCUT2D eigenvalue weighted by atomic mass is 16.2. The molecule has 14 heavy (non-hydrogen) atoms. The number of carbonyl (C=O) groups is 1. The Kier molecular flexibility index (Phi) is 7.54. The molecule has 0 heterocycles. The maximum atomic E-state index is 11.5. The highest BCUT2D eigenvalue weighted by molar-refractivity contribution is 5.75.